The zero-order valence-corrected chi connectivity index (χ0v) is 24.9. The number of ether oxygens (including phenoxy) is 1. The van der Waals surface area contributed by atoms with E-state index in [1.807, 2.05) is 30.3 Å². The normalized spacial score (nSPS) is 29.8. The largest absolute Gasteiger partial charge is 0.456 e. The summed E-state index contributed by atoms with van der Waals surface area (Å²) in [4.78, 5) is 24.5. The molecule has 6 rings (SSSR count). The molecule has 5 nitrogen and oxygen atoms in total. The van der Waals surface area contributed by atoms with Gasteiger partial charge in [0.2, 0.25) is 0 Å². The fourth-order valence-corrected chi connectivity index (χ4v) is 8.53. The fraction of sp³-hybridized carbons (Fsp3) is 0.486. The second kappa shape index (κ2) is 11.4. The van der Waals surface area contributed by atoms with Gasteiger partial charge in [0.05, 0.1) is 0 Å². The van der Waals surface area contributed by atoms with Crippen LogP contribution < -0.4 is 5.32 Å². The van der Waals surface area contributed by atoms with Crippen molar-refractivity contribution in [2.45, 2.75) is 88.6 Å². The molecule has 5 atom stereocenters. The summed E-state index contributed by atoms with van der Waals surface area (Å²) in [6.07, 6.45) is -3.61. The zero-order chi connectivity index (χ0) is 32.2. The van der Waals surface area contributed by atoms with Gasteiger partial charge in [-0.1, -0.05) is 67.1 Å². The third-order valence-electron chi connectivity index (χ3n) is 10.8. The third-order valence-corrected chi connectivity index (χ3v) is 10.8. The first-order valence-electron chi connectivity index (χ1n) is 15.4. The topological polar surface area (TPSA) is 75.6 Å². The lowest BCUT2D eigenvalue weighted by atomic mass is 9.50. The number of halogens is 5. The van der Waals surface area contributed by atoms with E-state index in [4.69, 9.17) is 4.74 Å². The molecule has 2 N–H and O–H groups in total. The van der Waals surface area contributed by atoms with Crippen molar-refractivity contribution in [3.8, 4) is 0 Å². The number of carbonyl (C=O) groups excluding carboxylic acids is 2. The van der Waals surface area contributed by atoms with Crippen molar-refractivity contribution in [3.63, 3.8) is 0 Å². The maximum Gasteiger partial charge on any atom is 0.456 e. The first kappa shape index (κ1) is 31.5. The SMILES string of the molecule is C[C@]12C[C@H](c3ccc(COC(=O)NCc4ccccc4)cc3)C3=C4CCC(=O)C=C4CC[C@H]3[C@@H]1CC[C@@]2(O)C(F)(F)C(F)(F)F. The van der Waals surface area contributed by atoms with Gasteiger partial charge >= 0.3 is 18.2 Å². The second-order valence-electron chi connectivity index (χ2n) is 13.1. The van der Waals surface area contributed by atoms with E-state index in [0.717, 1.165) is 27.8 Å². The van der Waals surface area contributed by atoms with Gasteiger partial charge in [0.25, 0.3) is 0 Å². The van der Waals surface area contributed by atoms with Gasteiger partial charge in [0.15, 0.2) is 5.78 Å². The summed E-state index contributed by atoms with van der Waals surface area (Å²) in [5.74, 6) is -6.62. The van der Waals surface area contributed by atoms with Gasteiger partial charge in [-0.05, 0) is 84.3 Å². The number of alkyl carbamates (subject to hydrolysis) is 1. The molecule has 4 aliphatic carbocycles. The molecule has 1 amide bonds. The Morgan fingerprint density at radius 3 is 2.38 bits per heavy atom. The lowest BCUT2D eigenvalue weighted by Gasteiger charge is -2.56. The maximum absolute atomic E-state index is 15.2. The molecule has 2 fully saturated rings. The van der Waals surface area contributed by atoms with Crippen LogP contribution in [-0.2, 0) is 22.7 Å². The van der Waals surface area contributed by atoms with Crippen LogP contribution in [0.15, 0.2) is 77.4 Å². The van der Waals surface area contributed by atoms with Gasteiger partial charge in [-0.15, -0.1) is 0 Å². The Labute approximate surface area is 258 Å². The smallest absolute Gasteiger partial charge is 0.445 e. The summed E-state index contributed by atoms with van der Waals surface area (Å²) in [6.45, 7) is 1.69. The molecular weight excluding hydrogens is 593 g/mol. The number of fused-ring (bicyclic) bond motifs is 4. The number of aliphatic hydroxyl groups is 1. The van der Waals surface area contributed by atoms with Crippen molar-refractivity contribution in [3.05, 3.63) is 94.1 Å². The molecule has 45 heavy (non-hydrogen) atoms. The number of nitrogens with one attached hydrogen (secondary N) is 1. The maximum atomic E-state index is 15.2. The van der Waals surface area contributed by atoms with E-state index in [1.54, 1.807) is 30.3 Å². The average molecular weight is 630 g/mol. The summed E-state index contributed by atoms with van der Waals surface area (Å²) in [5.41, 5.74) is 0.294. The van der Waals surface area contributed by atoms with Crippen molar-refractivity contribution >= 4 is 11.9 Å². The van der Waals surface area contributed by atoms with Crippen molar-refractivity contribution < 1.29 is 41.4 Å². The first-order valence-corrected chi connectivity index (χ1v) is 15.4. The van der Waals surface area contributed by atoms with Crippen LogP contribution in [0.1, 0.15) is 74.5 Å². The number of allylic oxidation sites excluding steroid dienone is 4. The van der Waals surface area contributed by atoms with E-state index in [9.17, 15) is 27.9 Å². The first-order chi connectivity index (χ1) is 21.2. The fourth-order valence-electron chi connectivity index (χ4n) is 8.53. The van der Waals surface area contributed by atoms with Gasteiger partial charge in [-0.3, -0.25) is 4.79 Å². The van der Waals surface area contributed by atoms with E-state index in [-0.39, 0.29) is 31.1 Å². The van der Waals surface area contributed by atoms with E-state index in [1.165, 1.54) is 6.92 Å². The predicted molar refractivity (Wildman–Crippen MR) is 156 cm³/mol. The summed E-state index contributed by atoms with van der Waals surface area (Å²) in [7, 11) is 0. The van der Waals surface area contributed by atoms with E-state index in [0.29, 0.717) is 37.8 Å². The number of carbonyl (C=O) groups is 2. The molecule has 4 aliphatic rings. The lowest BCUT2D eigenvalue weighted by molar-refractivity contribution is -0.362. The molecule has 0 bridgehead atoms. The molecule has 2 saturated carbocycles. The molecular formula is C35H36F5NO4. The van der Waals surface area contributed by atoms with E-state index >= 15 is 8.78 Å². The molecule has 0 heterocycles. The highest BCUT2D eigenvalue weighted by Gasteiger charge is 2.79. The van der Waals surface area contributed by atoms with Crippen molar-refractivity contribution in [1.82, 2.24) is 5.32 Å². The van der Waals surface area contributed by atoms with Crippen molar-refractivity contribution in [2.24, 2.45) is 17.3 Å². The molecule has 240 valence electrons. The number of rotatable bonds is 6. The summed E-state index contributed by atoms with van der Waals surface area (Å²) < 4.78 is 77.0. The molecule has 0 radical (unpaired) electrons. The highest BCUT2D eigenvalue weighted by Crippen LogP contribution is 2.70. The number of ketones is 1. The van der Waals surface area contributed by atoms with Gasteiger partial charge in [-0.25, -0.2) is 4.79 Å². The lowest BCUT2D eigenvalue weighted by Crippen LogP contribution is -2.65. The van der Waals surface area contributed by atoms with Crippen LogP contribution in [0.5, 0.6) is 0 Å². The minimum Gasteiger partial charge on any atom is -0.445 e. The minimum absolute atomic E-state index is 0.0194. The molecule has 0 unspecified atom stereocenters. The average Bonchev–Trinajstić information content (AvgIpc) is 3.29. The monoisotopic (exact) mass is 629 g/mol. The number of hydrogen-bond acceptors (Lipinski definition) is 4. The molecule has 0 spiro atoms. The summed E-state index contributed by atoms with van der Waals surface area (Å²) in [6, 6.07) is 16.4. The van der Waals surface area contributed by atoms with Crippen LogP contribution in [0.25, 0.3) is 0 Å². The Morgan fingerprint density at radius 2 is 1.69 bits per heavy atom. The Balaban J connectivity index is 1.29. The second-order valence-corrected chi connectivity index (χ2v) is 13.1. The summed E-state index contributed by atoms with van der Waals surface area (Å²) in [5, 5.41) is 14.1. The number of alkyl halides is 5. The van der Waals surface area contributed by atoms with Crippen molar-refractivity contribution in [2.75, 3.05) is 0 Å². The van der Waals surface area contributed by atoms with Crippen LogP contribution in [-0.4, -0.2) is 34.7 Å². The standard InChI is InChI=1S/C35H36F5NO4/c1-32-18-28(23-9-7-22(8-10-23)20-45-31(43)41-19-21-5-3-2-4-6-21)30-26-14-12-25(42)17-24(26)11-13-27(30)29(32)15-16-33(32,44)34(36,37)35(38,39)40/h2-10,17,27-29,44H,11-16,18-20H2,1H3,(H,41,43)/t27-,28+,29-,32-,33-/m0/s1. The Hall–Kier alpha value is -3.53. The van der Waals surface area contributed by atoms with Crippen molar-refractivity contribution in [1.29, 1.82) is 0 Å². The number of hydrogen-bond donors (Lipinski definition) is 2. The van der Waals surface area contributed by atoms with E-state index in [2.05, 4.69) is 5.32 Å². The molecule has 0 saturated heterocycles. The van der Waals surface area contributed by atoms with Gasteiger partial charge in [-0.2, -0.15) is 22.0 Å². The predicted octanol–water partition coefficient (Wildman–Crippen LogP) is 7.94. The summed E-state index contributed by atoms with van der Waals surface area (Å²) >= 11 is 0. The number of benzene rings is 2. The Morgan fingerprint density at radius 1 is 0.978 bits per heavy atom. The molecule has 0 aliphatic heterocycles. The highest BCUT2D eigenvalue weighted by molar-refractivity contribution is 5.93. The third kappa shape index (κ3) is 5.28. The molecule has 2 aromatic rings. The van der Waals surface area contributed by atoms with Crippen LogP contribution in [0.3, 0.4) is 0 Å². The number of amides is 1. The Bertz CT molecular complexity index is 1530. The highest BCUT2D eigenvalue weighted by atomic mass is 19.4. The van der Waals surface area contributed by atoms with Gasteiger partial charge in [0.1, 0.15) is 12.2 Å². The van der Waals surface area contributed by atoms with Crippen LogP contribution in [0.4, 0.5) is 26.7 Å². The zero-order valence-electron chi connectivity index (χ0n) is 24.9. The van der Waals surface area contributed by atoms with Gasteiger partial charge in [0, 0.05) is 24.3 Å². The van der Waals surface area contributed by atoms with Crippen LogP contribution in [0, 0.1) is 17.3 Å². The quantitative estimate of drug-likeness (QED) is 0.318. The van der Waals surface area contributed by atoms with Gasteiger partial charge < -0.3 is 15.2 Å². The van der Waals surface area contributed by atoms with Crippen LogP contribution in [0.2, 0.25) is 0 Å². The van der Waals surface area contributed by atoms with E-state index < -0.39 is 47.5 Å². The van der Waals surface area contributed by atoms with Crippen LogP contribution >= 0.6 is 0 Å². The molecule has 2 aromatic carbocycles. The molecule has 10 heteroatoms. The Kier molecular flexibility index (Phi) is 7.95. The minimum atomic E-state index is -5.89. The molecule has 0 aromatic heterocycles.